The number of nitrogens with one attached hydrogen (secondary N) is 1. The molecule has 1 heterocycles. The summed E-state index contributed by atoms with van der Waals surface area (Å²) in [6, 6.07) is 2.32. The molecule has 7 heteroatoms. The van der Waals surface area contributed by atoms with Gasteiger partial charge >= 0.3 is 12.1 Å². The number of halogens is 3. The molecule has 4 nitrogen and oxygen atoms in total. The first-order valence-corrected chi connectivity index (χ1v) is 5.25. The molecule has 0 aromatic carbocycles. The molecule has 2 N–H and O–H groups in total. The number of hydrogen-bond acceptors (Lipinski definition) is 3. The van der Waals surface area contributed by atoms with Crippen molar-refractivity contribution in [2.24, 2.45) is 5.92 Å². The van der Waals surface area contributed by atoms with Crippen LogP contribution in [0.25, 0.3) is 0 Å². The fraction of sp³-hybridized carbons (Fsp3) is 0.455. The van der Waals surface area contributed by atoms with Gasteiger partial charge in [-0.3, -0.25) is 0 Å². The first-order valence-electron chi connectivity index (χ1n) is 5.25. The summed E-state index contributed by atoms with van der Waals surface area (Å²) in [6.45, 7) is 3.30. The Bertz CT molecular complexity index is 433. The highest BCUT2D eigenvalue weighted by Gasteiger charge is 2.32. The Hall–Kier alpha value is -1.79. The van der Waals surface area contributed by atoms with Crippen molar-refractivity contribution in [2.45, 2.75) is 26.1 Å². The Morgan fingerprint density at radius 1 is 1.39 bits per heavy atom. The Kier molecular flexibility index (Phi) is 4.15. The maximum atomic E-state index is 12.4. The minimum atomic E-state index is -4.55. The van der Waals surface area contributed by atoms with Gasteiger partial charge in [-0.2, -0.15) is 13.2 Å². The van der Waals surface area contributed by atoms with Crippen molar-refractivity contribution in [3.05, 3.63) is 23.9 Å². The van der Waals surface area contributed by atoms with Gasteiger partial charge in [0.2, 0.25) is 0 Å². The van der Waals surface area contributed by atoms with E-state index >= 15 is 0 Å². The van der Waals surface area contributed by atoms with Gasteiger partial charge in [0, 0.05) is 0 Å². The zero-order chi connectivity index (χ0) is 13.9. The number of carboxylic acids is 1. The van der Waals surface area contributed by atoms with Crippen LogP contribution in [0.3, 0.4) is 0 Å². The molecule has 0 saturated carbocycles. The van der Waals surface area contributed by atoms with Gasteiger partial charge in [0.05, 0.1) is 0 Å². The molecule has 1 unspecified atom stereocenters. The second kappa shape index (κ2) is 5.24. The second-order valence-corrected chi connectivity index (χ2v) is 4.11. The van der Waals surface area contributed by atoms with E-state index in [4.69, 9.17) is 5.11 Å². The van der Waals surface area contributed by atoms with E-state index in [9.17, 15) is 18.0 Å². The number of aromatic nitrogens is 1. The van der Waals surface area contributed by atoms with Crippen molar-refractivity contribution in [3.8, 4) is 0 Å². The summed E-state index contributed by atoms with van der Waals surface area (Å²) in [5.74, 6) is -1.52. The first-order chi connectivity index (χ1) is 8.21. The smallest absolute Gasteiger partial charge is 0.433 e. The summed E-state index contributed by atoms with van der Waals surface area (Å²) in [6.07, 6.45) is -4.55. The third-order valence-electron chi connectivity index (χ3n) is 2.28. The summed E-state index contributed by atoms with van der Waals surface area (Å²) < 4.78 is 37.2. The third kappa shape index (κ3) is 3.61. The highest BCUT2D eigenvalue weighted by molar-refractivity contribution is 5.77. The van der Waals surface area contributed by atoms with Crippen LogP contribution >= 0.6 is 0 Å². The molecule has 0 saturated heterocycles. The summed E-state index contributed by atoms with van der Waals surface area (Å²) in [7, 11) is 0. The van der Waals surface area contributed by atoms with Gasteiger partial charge < -0.3 is 10.4 Å². The lowest BCUT2D eigenvalue weighted by Gasteiger charge is -2.19. The largest absolute Gasteiger partial charge is 0.480 e. The highest BCUT2D eigenvalue weighted by atomic mass is 19.4. The molecule has 0 amide bonds. The number of anilines is 1. The van der Waals surface area contributed by atoms with Crippen LogP contribution in [-0.2, 0) is 11.0 Å². The van der Waals surface area contributed by atoms with Gasteiger partial charge in [-0.1, -0.05) is 19.9 Å². The standard InChI is InChI=1S/C11H13F3N2O2/c1-6(2)9(10(17)18)16-8-5-3-4-7(15-8)11(12,13)14/h3-6,9H,1-2H3,(H,15,16)(H,17,18). The van der Waals surface area contributed by atoms with Gasteiger partial charge in [0.1, 0.15) is 17.6 Å². The molecule has 1 atom stereocenters. The highest BCUT2D eigenvalue weighted by Crippen LogP contribution is 2.28. The van der Waals surface area contributed by atoms with Crippen LogP contribution in [0.5, 0.6) is 0 Å². The fourth-order valence-electron chi connectivity index (χ4n) is 1.35. The van der Waals surface area contributed by atoms with Crippen LogP contribution in [0.15, 0.2) is 18.2 Å². The number of carbonyl (C=O) groups is 1. The number of alkyl halides is 3. The fourth-order valence-corrected chi connectivity index (χ4v) is 1.35. The van der Waals surface area contributed by atoms with Gasteiger partial charge in [0.25, 0.3) is 0 Å². The van der Waals surface area contributed by atoms with Crippen molar-refractivity contribution in [1.29, 1.82) is 0 Å². The van der Waals surface area contributed by atoms with E-state index in [0.717, 1.165) is 6.07 Å². The Balaban J connectivity index is 2.94. The van der Waals surface area contributed by atoms with E-state index in [0.29, 0.717) is 0 Å². The monoisotopic (exact) mass is 262 g/mol. The number of aliphatic carboxylic acids is 1. The van der Waals surface area contributed by atoms with E-state index in [1.807, 2.05) is 0 Å². The normalized spacial score (nSPS) is 13.4. The molecule has 0 fully saturated rings. The van der Waals surface area contributed by atoms with E-state index in [1.54, 1.807) is 13.8 Å². The SMILES string of the molecule is CC(C)C(Nc1cccc(C(F)(F)F)n1)C(=O)O. The molecule has 0 aliphatic rings. The lowest BCUT2D eigenvalue weighted by molar-refractivity contribution is -0.141. The number of pyridine rings is 1. The average Bonchev–Trinajstić information content (AvgIpc) is 2.24. The number of carboxylic acid groups (broad SMARTS) is 1. The van der Waals surface area contributed by atoms with E-state index in [-0.39, 0.29) is 11.7 Å². The topological polar surface area (TPSA) is 62.2 Å². The quantitative estimate of drug-likeness (QED) is 0.875. The molecular formula is C11H13F3N2O2. The summed E-state index contributed by atoms with van der Waals surface area (Å²) in [5, 5.41) is 11.4. The van der Waals surface area contributed by atoms with E-state index < -0.39 is 23.9 Å². The van der Waals surface area contributed by atoms with Crippen molar-refractivity contribution >= 4 is 11.8 Å². The molecule has 0 bridgehead atoms. The van der Waals surface area contributed by atoms with E-state index in [1.165, 1.54) is 12.1 Å². The summed E-state index contributed by atoms with van der Waals surface area (Å²) in [4.78, 5) is 14.3. The molecule has 1 aromatic rings. The molecule has 0 aliphatic carbocycles. The first kappa shape index (κ1) is 14.3. The molecule has 18 heavy (non-hydrogen) atoms. The maximum absolute atomic E-state index is 12.4. The Morgan fingerprint density at radius 3 is 2.44 bits per heavy atom. The lowest BCUT2D eigenvalue weighted by Crippen LogP contribution is -2.34. The molecular weight excluding hydrogens is 249 g/mol. The maximum Gasteiger partial charge on any atom is 0.433 e. The zero-order valence-electron chi connectivity index (χ0n) is 9.82. The average molecular weight is 262 g/mol. The van der Waals surface area contributed by atoms with Crippen LogP contribution < -0.4 is 5.32 Å². The molecule has 0 spiro atoms. The van der Waals surface area contributed by atoms with Crippen LogP contribution in [0, 0.1) is 5.92 Å². The van der Waals surface area contributed by atoms with Crippen molar-refractivity contribution in [1.82, 2.24) is 4.98 Å². The van der Waals surface area contributed by atoms with Crippen LogP contribution in [0.4, 0.5) is 19.0 Å². The van der Waals surface area contributed by atoms with Gasteiger partial charge in [-0.15, -0.1) is 0 Å². The molecule has 100 valence electrons. The van der Waals surface area contributed by atoms with Crippen LogP contribution in [-0.4, -0.2) is 22.1 Å². The lowest BCUT2D eigenvalue weighted by atomic mass is 10.1. The van der Waals surface area contributed by atoms with Gasteiger partial charge in [0.15, 0.2) is 0 Å². The second-order valence-electron chi connectivity index (χ2n) is 4.11. The third-order valence-corrected chi connectivity index (χ3v) is 2.28. The summed E-state index contributed by atoms with van der Waals surface area (Å²) >= 11 is 0. The number of hydrogen-bond donors (Lipinski definition) is 2. The Morgan fingerprint density at radius 2 is 2.00 bits per heavy atom. The van der Waals surface area contributed by atoms with Crippen LogP contribution in [0.1, 0.15) is 19.5 Å². The van der Waals surface area contributed by atoms with Crippen molar-refractivity contribution in [3.63, 3.8) is 0 Å². The predicted molar refractivity (Wildman–Crippen MR) is 59.1 cm³/mol. The van der Waals surface area contributed by atoms with Gasteiger partial charge in [-0.05, 0) is 18.1 Å². The molecule has 1 rings (SSSR count). The van der Waals surface area contributed by atoms with Crippen LogP contribution in [0.2, 0.25) is 0 Å². The number of rotatable bonds is 4. The zero-order valence-corrected chi connectivity index (χ0v) is 9.82. The predicted octanol–water partition coefficient (Wildman–Crippen LogP) is 2.62. The van der Waals surface area contributed by atoms with Crippen molar-refractivity contribution < 1.29 is 23.1 Å². The summed E-state index contributed by atoms with van der Waals surface area (Å²) in [5.41, 5.74) is -1.06. The van der Waals surface area contributed by atoms with E-state index in [2.05, 4.69) is 10.3 Å². The minimum absolute atomic E-state index is 0.106. The molecule has 1 aromatic heterocycles. The number of nitrogens with zero attached hydrogens (tertiary/aromatic N) is 1. The Labute approximate surface area is 102 Å². The van der Waals surface area contributed by atoms with Gasteiger partial charge in [-0.25, -0.2) is 9.78 Å². The van der Waals surface area contributed by atoms with Crippen molar-refractivity contribution in [2.75, 3.05) is 5.32 Å². The minimum Gasteiger partial charge on any atom is -0.480 e. The molecule has 0 aliphatic heterocycles. The molecule has 0 radical (unpaired) electrons.